The minimum absolute atomic E-state index is 0.0878. The molecule has 0 spiro atoms. The van der Waals surface area contributed by atoms with E-state index in [1.54, 1.807) is 10.6 Å². The van der Waals surface area contributed by atoms with Crippen molar-refractivity contribution in [3.8, 4) is 6.07 Å². The average molecular weight is 438 g/mol. The van der Waals surface area contributed by atoms with Crippen LogP contribution in [-0.2, 0) is 17.8 Å². The van der Waals surface area contributed by atoms with E-state index in [1.807, 2.05) is 6.20 Å². The van der Waals surface area contributed by atoms with Gasteiger partial charge in [0.1, 0.15) is 11.8 Å². The maximum absolute atomic E-state index is 13.0. The van der Waals surface area contributed by atoms with Gasteiger partial charge < -0.3 is 9.80 Å². The highest BCUT2D eigenvalue weighted by atomic mass is 16.2. The van der Waals surface area contributed by atoms with Gasteiger partial charge in [-0.15, -0.1) is 0 Å². The van der Waals surface area contributed by atoms with Crippen molar-refractivity contribution >= 4 is 11.6 Å². The number of nitrogens with zero attached hydrogens (tertiary/aromatic N) is 7. The van der Waals surface area contributed by atoms with Gasteiger partial charge in [0.2, 0.25) is 5.91 Å². The molecule has 2 aliphatic heterocycles. The highest BCUT2D eigenvalue weighted by molar-refractivity contribution is 5.79. The molecule has 2 fully saturated rings. The Balaban J connectivity index is 1.44. The Bertz CT molecular complexity index is 1000. The summed E-state index contributed by atoms with van der Waals surface area (Å²) >= 11 is 0. The first kappa shape index (κ1) is 22.7. The first-order chi connectivity index (χ1) is 15.2. The molecule has 2 saturated heterocycles. The summed E-state index contributed by atoms with van der Waals surface area (Å²) in [4.78, 5) is 24.3. The van der Waals surface area contributed by atoms with Crippen molar-refractivity contribution in [1.82, 2.24) is 29.3 Å². The van der Waals surface area contributed by atoms with Crippen LogP contribution in [0.3, 0.4) is 0 Å². The molecule has 0 N–H and O–H groups in total. The molecular weight excluding hydrogens is 402 g/mol. The van der Waals surface area contributed by atoms with Crippen molar-refractivity contribution in [2.75, 3.05) is 46.3 Å². The second kappa shape index (κ2) is 9.16. The average Bonchev–Trinajstić information content (AvgIpc) is 3.09. The lowest BCUT2D eigenvalue weighted by molar-refractivity contribution is -0.138. The van der Waals surface area contributed by atoms with E-state index >= 15 is 0 Å². The summed E-state index contributed by atoms with van der Waals surface area (Å²) in [6, 6.07) is 3.85. The largest absolute Gasteiger partial charge is 0.340 e. The number of carbonyl (C=O) groups is 1. The maximum atomic E-state index is 13.0. The number of aromatic nitrogens is 3. The third-order valence-corrected chi connectivity index (χ3v) is 6.61. The van der Waals surface area contributed by atoms with Crippen LogP contribution in [0.1, 0.15) is 50.6 Å². The molecule has 172 valence electrons. The van der Waals surface area contributed by atoms with Crippen molar-refractivity contribution in [2.45, 2.75) is 46.6 Å². The van der Waals surface area contributed by atoms with Crippen LogP contribution in [0.25, 0.3) is 5.65 Å². The predicted octanol–water partition coefficient (Wildman–Crippen LogP) is 2.18. The van der Waals surface area contributed by atoms with Crippen LogP contribution in [0.2, 0.25) is 0 Å². The highest BCUT2D eigenvalue weighted by Gasteiger charge is 2.31. The van der Waals surface area contributed by atoms with E-state index in [0.29, 0.717) is 11.6 Å². The standard InChI is InChI=1S/C24H35N7O/c1-24(2,3)15-20-21(27-31-10-7-19(16-25)26-22(20)31)17-29-8-5-18(6-9-29)23(32)30-13-11-28(4)12-14-30/h7,10,18H,5-6,8-9,11-15,17H2,1-4H3. The molecule has 8 nitrogen and oxygen atoms in total. The number of likely N-dealkylation sites (N-methyl/N-ethyl adjacent to an activating group) is 1. The Labute approximate surface area is 190 Å². The third kappa shape index (κ3) is 5.11. The Morgan fingerprint density at radius 3 is 2.47 bits per heavy atom. The second-order valence-electron chi connectivity index (χ2n) is 10.5. The number of carbonyl (C=O) groups excluding carboxylic acids is 1. The Hall–Kier alpha value is -2.50. The van der Waals surface area contributed by atoms with E-state index in [9.17, 15) is 10.1 Å². The predicted molar refractivity (Wildman–Crippen MR) is 123 cm³/mol. The lowest BCUT2D eigenvalue weighted by Gasteiger charge is -2.37. The number of fused-ring (bicyclic) bond motifs is 1. The molecule has 0 aliphatic carbocycles. The molecule has 2 aromatic heterocycles. The van der Waals surface area contributed by atoms with Crippen LogP contribution >= 0.6 is 0 Å². The molecule has 0 aromatic carbocycles. The Morgan fingerprint density at radius 1 is 1.16 bits per heavy atom. The zero-order valence-corrected chi connectivity index (χ0v) is 19.8. The zero-order valence-electron chi connectivity index (χ0n) is 19.8. The van der Waals surface area contributed by atoms with Crippen molar-refractivity contribution in [2.24, 2.45) is 11.3 Å². The fraction of sp³-hybridized carbons (Fsp3) is 0.667. The van der Waals surface area contributed by atoms with Crippen LogP contribution in [0.15, 0.2) is 12.3 Å². The summed E-state index contributed by atoms with van der Waals surface area (Å²) in [6.45, 7) is 12.8. The fourth-order valence-electron chi connectivity index (χ4n) is 4.76. The number of piperidine rings is 1. The Kier molecular flexibility index (Phi) is 6.50. The van der Waals surface area contributed by atoms with Gasteiger partial charge in [0.05, 0.1) is 5.69 Å². The van der Waals surface area contributed by atoms with Crippen LogP contribution in [0.5, 0.6) is 0 Å². The van der Waals surface area contributed by atoms with Crippen molar-refractivity contribution in [3.63, 3.8) is 0 Å². The van der Waals surface area contributed by atoms with Crippen molar-refractivity contribution in [1.29, 1.82) is 5.26 Å². The summed E-state index contributed by atoms with van der Waals surface area (Å²) in [5.41, 5.74) is 3.46. The number of hydrogen-bond acceptors (Lipinski definition) is 6. The van der Waals surface area contributed by atoms with Crippen molar-refractivity contribution in [3.05, 3.63) is 29.2 Å². The number of likely N-dealkylation sites (tertiary alicyclic amines) is 1. The zero-order chi connectivity index (χ0) is 22.9. The van der Waals surface area contributed by atoms with Crippen LogP contribution in [-0.4, -0.2) is 81.5 Å². The minimum Gasteiger partial charge on any atom is -0.340 e. The summed E-state index contributed by atoms with van der Waals surface area (Å²) in [7, 11) is 2.12. The summed E-state index contributed by atoms with van der Waals surface area (Å²) < 4.78 is 1.81. The summed E-state index contributed by atoms with van der Waals surface area (Å²) in [5, 5.41) is 14.1. The lowest BCUT2D eigenvalue weighted by atomic mass is 9.87. The second-order valence-corrected chi connectivity index (χ2v) is 10.5. The molecule has 4 heterocycles. The van der Waals surface area contributed by atoms with Gasteiger partial charge in [-0.05, 0) is 50.9 Å². The molecular formula is C24H35N7O. The number of hydrogen-bond donors (Lipinski definition) is 0. The molecule has 0 saturated carbocycles. The van der Waals surface area contributed by atoms with Crippen LogP contribution < -0.4 is 0 Å². The highest BCUT2D eigenvalue weighted by Crippen LogP contribution is 2.28. The van der Waals surface area contributed by atoms with Gasteiger partial charge in [0.25, 0.3) is 0 Å². The molecule has 1 amide bonds. The number of rotatable bonds is 4. The van der Waals surface area contributed by atoms with Gasteiger partial charge in [-0.2, -0.15) is 10.4 Å². The molecule has 0 bridgehead atoms. The monoisotopic (exact) mass is 437 g/mol. The maximum Gasteiger partial charge on any atom is 0.225 e. The normalized spacial score (nSPS) is 19.4. The van der Waals surface area contributed by atoms with E-state index < -0.39 is 0 Å². The fourth-order valence-corrected chi connectivity index (χ4v) is 4.76. The summed E-state index contributed by atoms with van der Waals surface area (Å²) in [5.74, 6) is 0.483. The topological polar surface area (TPSA) is 80.8 Å². The molecule has 32 heavy (non-hydrogen) atoms. The van der Waals surface area contributed by atoms with Gasteiger partial charge >= 0.3 is 0 Å². The minimum atomic E-state index is 0.0878. The molecule has 0 unspecified atom stereocenters. The number of piperazine rings is 1. The van der Waals surface area contributed by atoms with Gasteiger partial charge in [-0.1, -0.05) is 20.8 Å². The van der Waals surface area contributed by atoms with Gasteiger partial charge in [0.15, 0.2) is 5.65 Å². The van der Waals surface area contributed by atoms with E-state index in [1.165, 1.54) is 0 Å². The van der Waals surface area contributed by atoms with E-state index in [4.69, 9.17) is 5.10 Å². The molecule has 0 atom stereocenters. The van der Waals surface area contributed by atoms with Crippen molar-refractivity contribution < 1.29 is 4.79 Å². The van der Waals surface area contributed by atoms with Gasteiger partial charge in [-0.25, -0.2) is 9.50 Å². The SMILES string of the molecule is CN1CCN(C(=O)C2CCN(Cc3nn4ccc(C#N)nc4c3CC(C)(C)C)CC2)CC1. The third-order valence-electron chi connectivity index (χ3n) is 6.61. The Morgan fingerprint density at radius 2 is 1.84 bits per heavy atom. The summed E-state index contributed by atoms with van der Waals surface area (Å²) in [6.07, 6.45) is 4.50. The van der Waals surface area contributed by atoms with Crippen LogP contribution in [0.4, 0.5) is 0 Å². The first-order valence-electron chi connectivity index (χ1n) is 11.7. The van der Waals surface area contributed by atoms with Gasteiger partial charge in [0, 0.05) is 50.4 Å². The quantitative estimate of drug-likeness (QED) is 0.729. The number of nitriles is 1. The van der Waals surface area contributed by atoms with E-state index in [2.05, 4.69) is 53.6 Å². The smallest absolute Gasteiger partial charge is 0.225 e. The molecule has 8 heteroatoms. The van der Waals surface area contributed by atoms with Crippen LogP contribution in [0, 0.1) is 22.7 Å². The molecule has 0 radical (unpaired) electrons. The van der Waals surface area contributed by atoms with E-state index in [-0.39, 0.29) is 11.3 Å². The molecule has 2 aromatic rings. The van der Waals surface area contributed by atoms with Gasteiger partial charge in [-0.3, -0.25) is 9.69 Å². The lowest BCUT2D eigenvalue weighted by Crippen LogP contribution is -2.50. The molecule has 4 rings (SSSR count). The van der Waals surface area contributed by atoms with E-state index in [0.717, 1.165) is 82.0 Å². The number of amides is 1. The molecule has 2 aliphatic rings. The first-order valence-corrected chi connectivity index (χ1v) is 11.7.